The minimum Gasteiger partial charge on any atom is -0.354 e. The topological polar surface area (TPSA) is 58.2 Å². The average molecular weight is 609 g/mol. The van der Waals surface area contributed by atoms with Crippen LogP contribution in [0.3, 0.4) is 0 Å². The summed E-state index contributed by atoms with van der Waals surface area (Å²) in [5.74, 6) is 17.1. The molecule has 0 bridgehead atoms. The van der Waals surface area contributed by atoms with Crippen LogP contribution in [0.25, 0.3) is 0 Å². The van der Waals surface area contributed by atoms with E-state index in [9.17, 15) is 9.59 Å². The fraction of sp³-hybridized carbons (Fsp3) is 0.333. The van der Waals surface area contributed by atoms with E-state index in [2.05, 4.69) is 53.1 Å². The largest absolute Gasteiger partial charge is 0.354 e. The minimum absolute atomic E-state index is 0.203. The minimum atomic E-state index is -0.691. The van der Waals surface area contributed by atoms with E-state index in [-0.39, 0.29) is 11.8 Å². The molecule has 0 saturated heterocycles. The smallest absolute Gasteiger partial charge is 0.252 e. The third-order valence-electron chi connectivity index (χ3n) is 7.57. The summed E-state index contributed by atoms with van der Waals surface area (Å²) >= 11 is 0. The summed E-state index contributed by atoms with van der Waals surface area (Å²) < 4.78 is 0. The van der Waals surface area contributed by atoms with Gasteiger partial charge in [-0.1, -0.05) is 100 Å². The van der Waals surface area contributed by atoms with Crippen molar-refractivity contribution in [2.24, 2.45) is 0 Å². The molecular weight excluding hydrogens is 564 g/mol. The van der Waals surface area contributed by atoms with Gasteiger partial charge >= 0.3 is 0 Å². The number of terminal acetylenes is 2. The lowest BCUT2D eigenvalue weighted by molar-refractivity contribution is -0.122. The van der Waals surface area contributed by atoms with Gasteiger partial charge in [0.05, 0.1) is 0 Å². The zero-order chi connectivity index (χ0) is 33.0. The lowest BCUT2D eigenvalue weighted by atomic mass is 10.0. The molecule has 0 heterocycles. The Kier molecular flexibility index (Phi) is 15.3. The summed E-state index contributed by atoms with van der Waals surface area (Å²) in [7, 11) is 0. The molecule has 0 aromatic heterocycles. The summed E-state index contributed by atoms with van der Waals surface area (Å²) in [6.45, 7) is 4.53. The molecule has 234 valence electrons. The molecule has 0 fully saturated rings. The van der Waals surface area contributed by atoms with Crippen LogP contribution in [0.5, 0.6) is 0 Å². The van der Waals surface area contributed by atoms with Crippen LogP contribution in [-0.4, -0.2) is 24.4 Å². The second-order valence-corrected chi connectivity index (χ2v) is 11.4. The normalized spacial score (nSPS) is 10.6. The molecule has 0 spiro atoms. The van der Waals surface area contributed by atoms with Crippen molar-refractivity contribution in [1.82, 2.24) is 10.6 Å². The molecule has 46 heavy (non-hydrogen) atoms. The first-order valence-corrected chi connectivity index (χ1v) is 16.3. The van der Waals surface area contributed by atoms with Gasteiger partial charge in [-0.25, -0.2) is 0 Å². The van der Waals surface area contributed by atoms with E-state index in [1.54, 1.807) is 19.1 Å². The number of benzene rings is 3. The number of unbranched alkanes of at least 4 members (excludes halogenated alkanes) is 9. The summed E-state index contributed by atoms with van der Waals surface area (Å²) in [6, 6.07) is 19.3. The molecule has 3 aromatic carbocycles. The van der Waals surface area contributed by atoms with Crippen LogP contribution in [0.2, 0.25) is 0 Å². The average Bonchev–Trinajstić information content (AvgIpc) is 3.09. The first-order chi connectivity index (χ1) is 22.4. The van der Waals surface area contributed by atoms with Gasteiger partial charge in [0.15, 0.2) is 0 Å². The van der Waals surface area contributed by atoms with E-state index >= 15 is 0 Å². The van der Waals surface area contributed by atoms with Gasteiger partial charge in [-0.2, -0.15) is 0 Å². The number of carbonyl (C=O) groups excluding carboxylic acids is 2. The van der Waals surface area contributed by atoms with Crippen LogP contribution in [0.15, 0.2) is 66.7 Å². The zero-order valence-electron chi connectivity index (χ0n) is 27.2. The van der Waals surface area contributed by atoms with Crippen LogP contribution in [-0.2, 0) is 4.79 Å². The molecule has 1 atom stereocenters. The van der Waals surface area contributed by atoms with E-state index in [0.29, 0.717) is 23.2 Å². The summed E-state index contributed by atoms with van der Waals surface area (Å²) in [4.78, 5) is 26.0. The standard InChI is InChI=1S/C42H44N2O2/c1-5-8-9-10-11-12-13-14-15-16-29-43-41(45)33(4)44-42(46)40-31-38(27-25-36-21-17-34(6-2)18-22-36)30-39(32-40)28-26-37-23-19-35(7-3)20-24-37/h2-3,17-24,30-33H,5,8-16,29H2,1,4H3,(H,43,45)(H,44,46)/t33-/m0/s1. The Balaban J connectivity index is 1.62. The van der Waals surface area contributed by atoms with E-state index in [0.717, 1.165) is 35.1 Å². The van der Waals surface area contributed by atoms with Crippen molar-refractivity contribution in [2.75, 3.05) is 6.54 Å². The van der Waals surface area contributed by atoms with Crippen LogP contribution in [0.4, 0.5) is 0 Å². The van der Waals surface area contributed by atoms with Gasteiger partial charge in [-0.05, 0) is 80.1 Å². The fourth-order valence-corrected chi connectivity index (χ4v) is 4.81. The lowest BCUT2D eigenvalue weighted by Gasteiger charge is -2.14. The van der Waals surface area contributed by atoms with Gasteiger partial charge in [-0.15, -0.1) is 12.8 Å². The monoisotopic (exact) mass is 608 g/mol. The van der Waals surface area contributed by atoms with Crippen molar-refractivity contribution in [3.63, 3.8) is 0 Å². The van der Waals surface area contributed by atoms with Crippen LogP contribution >= 0.6 is 0 Å². The van der Waals surface area contributed by atoms with Crippen molar-refractivity contribution >= 4 is 11.8 Å². The number of nitrogens with one attached hydrogen (secondary N) is 2. The van der Waals surface area contributed by atoms with E-state index in [4.69, 9.17) is 12.8 Å². The Bertz CT molecular complexity index is 1550. The second kappa shape index (κ2) is 20.0. The molecule has 4 heteroatoms. The van der Waals surface area contributed by atoms with Crippen molar-refractivity contribution in [2.45, 2.75) is 84.1 Å². The van der Waals surface area contributed by atoms with Crippen LogP contribution < -0.4 is 10.6 Å². The maximum atomic E-state index is 13.3. The van der Waals surface area contributed by atoms with Crippen molar-refractivity contribution < 1.29 is 9.59 Å². The molecule has 3 rings (SSSR count). The highest BCUT2D eigenvalue weighted by Gasteiger charge is 2.17. The van der Waals surface area contributed by atoms with E-state index in [1.165, 1.54) is 51.4 Å². The maximum Gasteiger partial charge on any atom is 0.252 e. The number of rotatable bonds is 14. The number of hydrogen-bond acceptors (Lipinski definition) is 2. The molecule has 0 aliphatic rings. The quantitative estimate of drug-likeness (QED) is 0.146. The maximum absolute atomic E-state index is 13.3. The highest BCUT2D eigenvalue weighted by molar-refractivity contribution is 5.98. The van der Waals surface area contributed by atoms with E-state index in [1.807, 2.05) is 54.6 Å². The van der Waals surface area contributed by atoms with E-state index < -0.39 is 6.04 Å². The fourth-order valence-electron chi connectivity index (χ4n) is 4.81. The van der Waals surface area contributed by atoms with Crippen molar-refractivity contribution in [1.29, 1.82) is 0 Å². The summed E-state index contributed by atoms with van der Waals surface area (Å²) in [5, 5.41) is 5.79. The SMILES string of the molecule is C#Cc1ccc(C#Cc2cc(C#Cc3ccc(C#C)cc3)cc(C(=O)N[C@@H](C)C(=O)NCCCCCCCCCCCC)c2)cc1. The molecule has 2 amide bonds. The second-order valence-electron chi connectivity index (χ2n) is 11.4. The number of hydrogen-bond donors (Lipinski definition) is 2. The first kappa shape index (κ1) is 35.3. The Labute approximate surface area is 276 Å². The van der Waals surface area contributed by atoms with Gasteiger partial charge in [0.1, 0.15) is 6.04 Å². The van der Waals surface area contributed by atoms with Crippen molar-refractivity contribution in [3.8, 4) is 48.4 Å². The van der Waals surface area contributed by atoms with Crippen LogP contribution in [0.1, 0.15) is 122 Å². The molecule has 0 unspecified atom stereocenters. The summed E-state index contributed by atoms with van der Waals surface area (Å²) in [6.07, 6.45) is 23.3. The highest BCUT2D eigenvalue weighted by atomic mass is 16.2. The lowest BCUT2D eigenvalue weighted by Crippen LogP contribution is -2.45. The molecular formula is C42H44N2O2. The zero-order valence-corrected chi connectivity index (χ0v) is 27.2. The Morgan fingerprint density at radius 2 is 1.02 bits per heavy atom. The molecule has 0 saturated carbocycles. The van der Waals surface area contributed by atoms with Gasteiger partial charge in [0, 0.05) is 45.5 Å². The van der Waals surface area contributed by atoms with Gasteiger partial charge in [-0.3, -0.25) is 9.59 Å². The molecule has 3 aromatic rings. The van der Waals surface area contributed by atoms with Gasteiger partial charge in [0.2, 0.25) is 5.91 Å². The van der Waals surface area contributed by atoms with Crippen molar-refractivity contribution in [3.05, 3.63) is 106 Å². The Hall–Kier alpha value is -5.16. The van der Waals surface area contributed by atoms with Gasteiger partial charge < -0.3 is 10.6 Å². The highest BCUT2D eigenvalue weighted by Crippen LogP contribution is 2.13. The summed E-state index contributed by atoms with van der Waals surface area (Å²) in [5.41, 5.74) is 4.76. The third kappa shape index (κ3) is 12.8. The molecule has 2 N–H and O–H groups in total. The predicted octanol–water partition coefficient (Wildman–Crippen LogP) is 7.60. The predicted molar refractivity (Wildman–Crippen MR) is 189 cm³/mol. The van der Waals surface area contributed by atoms with Crippen LogP contribution in [0, 0.1) is 48.4 Å². The Morgan fingerprint density at radius 1 is 0.609 bits per heavy atom. The molecule has 4 nitrogen and oxygen atoms in total. The third-order valence-corrected chi connectivity index (χ3v) is 7.57. The molecule has 0 aliphatic heterocycles. The molecule has 0 radical (unpaired) electrons. The molecule has 0 aliphatic carbocycles. The Morgan fingerprint density at radius 3 is 1.48 bits per heavy atom. The number of amides is 2. The first-order valence-electron chi connectivity index (χ1n) is 16.3. The number of carbonyl (C=O) groups is 2. The van der Waals surface area contributed by atoms with Gasteiger partial charge in [0.25, 0.3) is 5.91 Å².